The lowest BCUT2D eigenvalue weighted by molar-refractivity contribution is 0.0939. The minimum atomic E-state index is -0.324. The quantitative estimate of drug-likeness (QED) is 0.886. The van der Waals surface area contributed by atoms with Crippen LogP contribution in [-0.2, 0) is 0 Å². The van der Waals surface area contributed by atoms with Crippen LogP contribution >= 0.6 is 12.4 Å². The van der Waals surface area contributed by atoms with Crippen LogP contribution in [0.5, 0.6) is 0 Å². The Bertz CT molecular complexity index is 640. The van der Waals surface area contributed by atoms with Gasteiger partial charge in [-0.25, -0.2) is 4.39 Å². The molecule has 8 heteroatoms. The van der Waals surface area contributed by atoms with E-state index in [0.717, 1.165) is 25.9 Å². The van der Waals surface area contributed by atoms with E-state index in [0.29, 0.717) is 18.2 Å². The van der Waals surface area contributed by atoms with E-state index >= 15 is 0 Å². The lowest BCUT2D eigenvalue weighted by atomic mass is 10.00. The number of benzene rings is 1. The number of piperidine rings is 1. The number of amides is 1. The van der Waals surface area contributed by atoms with Crippen LogP contribution in [0, 0.1) is 11.7 Å². The predicted octanol–water partition coefficient (Wildman–Crippen LogP) is 1.56. The third kappa shape index (κ3) is 4.49. The number of hydrogen-bond acceptors (Lipinski definition) is 4. The smallest absolute Gasteiger partial charge is 0.273 e. The van der Waals surface area contributed by atoms with Gasteiger partial charge in [-0.05, 0) is 56.1 Å². The summed E-state index contributed by atoms with van der Waals surface area (Å²) in [7, 11) is 0. The second-order valence-electron chi connectivity index (χ2n) is 5.42. The van der Waals surface area contributed by atoms with Crippen molar-refractivity contribution in [2.45, 2.75) is 12.8 Å². The average Bonchev–Trinajstić information content (AvgIpc) is 3.04. The summed E-state index contributed by atoms with van der Waals surface area (Å²) >= 11 is 0. The maximum atomic E-state index is 12.9. The number of hydrogen-bond donors (Lipinski definition) is 2. The average molecular weight is 340 g/mol. The zero-order chi connectivity index (χ0) is 15.4. The molecule has 1 aromatic carbocycles. The van der Waals surface area contributed by atoms with Crippen LogP contribution in [0.1, 0.15) is 23.3 Å². The standard InChI is InChI=1S/C15H18FN5O.ClH/c16-12-3-5-13(6-4-12)21-19-10-14(20-21)15(22)18-9-11-2-1-7-17-8-11;/h3-6,10-11,17H,1-2,7-9H2,(H,18,22);1H. The van der Waals surface area contributed by atoms with Crippen LogP contribution < -0.4 is 10.6 Å². The molecular weight excluding hydrogens is 321 g/mol. The fraction of sp³-hybridized carbons (Fsp3) is 0.400. The van der Waals surface area contributed by atoms with Gasteiger partial charge in [-0.3, -0.25) is 4.79 Å². The maximum absolute atomic E-state index is 12.9. The molecule has 2 heterocycles. The molecule has 1 aliphatic heterocycles. The van der Waals surface area contributed by atoms with Crippen LogP contribution in [0.25, 0.3) is 5.69 Å². The van der Waals surface area contributed by atoms with E-state index < -0.39 is 0 Å². The van der Waals surface area contributed by atoms with Gasteiger partial charge in [-0.1, -0.05) is 0 Å². The molecule has 0 aliphatic carbocycles. The summed E-state index contributed by atoms with van der Waals surface area (Å²) in [6, 6.07) is 5.78. The van der Waals surface area contributed by atoms with Gasteiger partial charge in [0.15, 0.2) is 5.69 Å². The van der Waals surface area contributed by atoms with Crippen LogP contribution in [0.3, 0.4) is 0 Å². The van der Waals surface area contributed by atoms with E-state index in [4.69, 9.17) is 0 Å². The molecule has 1 aromatic heterocycles. The van der Waals surface area contributed by atoms with Gasteiger partial charge in [-0.15, -0.1) is 17.5 Å². The van der Waals surface area contributed by atoms with Gasteiger partial charge in [0.25, 0.3) is 5.91 Å². The van der Waals surface area contributed by atoms with Crippen molar-refractivity contribution in [3.05, 3.63) is 42.0 Å². The summed E-state index contributed by atoms with van der Waals surface area (Å²) in [6.45, 7) is 2.62. The van der Waals surface area contributed by atoms with Crippen molar-refractivity contribution in [3.63, 3.8) is 0 Å². The Hall–Kier alpha value is -1.99. The Morgan fingerprint density at radius 3 is 2.87 bits per heavy atom. The first kappa shape index (κ1) is 17.4. The number of halogens is 2. The number of aromatic nitrogens is 3. The molecule has 6 nitrogen and oxygen atoms in total. The van der Waals surface area contributed by atoms with E-state index in [1.807, 2.05) is 0 Å². The van der Waals surface area contributed by atoms with E-state index in [1.165, 1.54) is 23.1 Å². The fourth-order valence-corrected chi connectivity index (χ4v) is 2.49. The number of nitrogens with zero attached hydrogens (tertiary/aromatic N) is 3. The third-order valence-corrected chi connectivity index (χ3v) is 3.73. The molecule has 1 unspecified atom stereocenters. The van der Waals surface area contributed by atoms with Crippen molar-refractivity contribution >= 4 is 18.3 Å². The largest absolute Gasteiger partial charge is 0.350 e. The van der Waals surface area contributed by atoms with Crippen molar-refractivity contribution < 1.29 is 9.18 Å². The Balaban J connectivity index is 0.00000192. The molecule has 0 bridgehead atoms. The topological polar surface area (TPSA) is 71.8 Å². The van der Waals surface area contributed by atoms with Crippen molar-refractivity contribution in [1.29, 1.82) is 0 Å². The molecule has 0 spiro atoms. The molecular formula is C15H19ClFN5O. The Kier molecular flexibility index (Phi) is 6.06. The highest BCUT2D eigenvalue weighted by atomic mass is 35.5. The first-order valence-electron chi connectivity index (χ1n) is 7.39. The van der Waals surface area contributed by atoms with Crippen molar-refractivity contribution in [2.75, 3.05) is 19.6 Å². The normalized spacial score (nSPS) is 17.3. The van der Waals surface area contributed by atoms with Crippen LogP contribution in [0.15, 0.2) is 30.5 Å². The molecule has 1 aliphatic rings. The highest BCUT2D eigenvalue weighted by Crippen LogP contribution is 2.09. The molecule has 1 saturated heterocycles. The van der Waals surface area contributed by atoms with E-state index in [-0.39, 0.29) is 29.8 Å². The monoisotopic (exact) mass is 339 g/mol. The van der Waals surface area contributed by atoms with Crippen molar-refractivity contribution in [3.8, 4) is 5.69 Å². The Morgan fingerprint density at radius 1 is 1.39 bits per heavy atom. The van der Waals surface area contributed by atoms with Gasteiger partial charge >= 0.3 is 0 Å². The summed E-state index contributed by atoms with van der Waals surface area (Å²) in [5, 5.41) is 14.4. The van der Waals surface area contributed by atoms with Gasteiger partial charge < -0.3 is 10.6 Å². The van der Waals surface area contributed by atoms with Crippen LogP contribution in [0.4, 0.5) is 4.39 Å². The summed E-state index contributed by atoms with van der Waals surface area (Å²) in [5.41, 5.74) is 0.866. The maximum Gasteiger partial charge on any atom is 0.273 e. The van der Waals surface area contributed by atoms with Crippen LogP contribution in [0.2, 0.25) is 0 Å². The van der Waals surface area contributed by atoms with Crippen LogP contribution in [-0.4, -0.2) is 40.5 Å². The highest BCUT2D eigenvalue weighted by molar-refractivity contribution is 5.91. The second kappa shape index (κ2) is 8.03. The Morgan fingerprint density at radius 2 is 2.17 bits per heavy atom. The second-order valence-corrected chi connectivity index (χ2v) is 5.42. The van der Waals surface area contributed by atoms with Crippen molar-refractivity contribution in [1.82, 2.24) is 25.6 Å². The number of nitrogens with one attached hydrogen (secondary N) is 2. The molecule has 124 valence electrons. The molecule has 2 aromatic rings. The minimum Gasteiger partial charge on any atom is -0.350 e. The molecule has 0 radical (unpaired) electrons. The first-order chi connectivity index (χ1) is 10.7. The molecule has 1 amide bonds. The van der Waals surface area contributed by atoms with E-state index in [9.17, 15) is 9.18 Å². The Labute approximate surface area is 139 Å². The lowest BCUT2D eigenvalue weighted by Crippen LogP contribution is -2.38. The van der Waals surface area contributed by atoms with Crippen molar-refractivity contribution in [2.24, 2.45) is 5.92 Å². The lowest BCUT2D eigenvalue weighted by Gasteiger charge is -2.22. The zero-order valence-corrected chi connectivity index (χ0v) is 13.4. The first-order valence-corrected chi connectivity index (χ1v) is 7.39. The molecule has 1 atom stereocenters. The van der Waals surface area contributed by atoms with E-state index in [2.05, 4.69) is 20.8 Å². The van der Waals surface area contributed by atoms with Gasteiger partial charge in [-0.2, -0.15) is 9.90 Å². The summed E-state index contributed by atoms with van der Waals surface area (Å²) in [5.74, 6) is -0.0984. The van der Waals surface area contributed by atoms with Gasteiger partial charge in [0, 0.05) is 6.54 Å². The number of carbonyl (C=O) groups is 1. The molecule has 3 rings (SSSR count). The number of carbonyl (C=O) groups excluding carboxylic acids is 1. The zero-order valence-electron chi connectivity index (χ0n) is 12.5. The fourth-order valence-electron chi connectivity index (χ4n) is 2.49. The molecule has 2 N–H and O–H groups in total. The van der Waals surface area contributed by atoms with Gasteiger partial charge in [0.05, 0.1) is 11.9 Å². The SMILES string of the molecule is Cl.O=C(NCC1CCCNC1)c1cnn(-c2ccc(F)cc2)n1. The highest BCUT2D eigenvalue weighted by Gasteiger charge is 2.16. The summed E-state index contributed by atoms with van der Waals surface area (Å²) in [4.78, 5) is 13.4. The number of rotatable bonds is 4. The molecule has 1 fully saturated rings. The van der Waals surface area contributed by atoms with Gasteiger partial charge in [0.2, 0.25) is 0 Å². The van der Waals surface area contributed by atoms with E-state index in [1.54, 1.807) is 12.1 Å². The summed E-state index contributed by atoms with van der Waals surface area (Å²) < 4.78 is 12.9. The third-order valence-electron chi connectivity index (χ3n) is 3.73. The molecule has 23 heavy (non-hydrogen) atoms. The molecule has 0 saturated carbocycles. The summed E-state index contributed by atoms with van der Waals surface area (Å²) in [6.07, 6.45) is 3.68. The van der Waals surface area contributed by atoms with Gasteiger partial charge in [0.1, 0.15) is 5.82 Å². The minimum absolute atomic E-state index is 0. The predicted molar refractivity (Wildman–Crippen MR) is 86.5 cm³/mol.